The van der Waals surface area contributed by atoms with E-state index in [4.69, 9.17) is 0 Å². The van der Waals surface area contributed by atoms with Crippen LogP contribution >= 0.6 is 0 Å². The molecule has 3 heteroatoms. The second-order valence-corrected chi connectivity index (χ2v) is 2.97. The fraction of sp³-hybridized carbons (Fsp3) is 0.667. The Hall–Kier alpha value is -0.830. The Bertz CT molecular complexity index is 206. The van der Waals surface area contributed by atoms with Crippen LogP contribution in [0.3, 0.4) is 0 Å². The van der Waals surface area contributed by atoms with Gasteiger partial charge in [-0.2, -0.15) is 0 Å². The Morgan fingerprint density at radius 3 is 2.67 bits per heavy atom. The summed E-state index contributed by atoms with van der Waals surface area (Å²) in [6.45, 7) is 5.42. The summed E-state index contributed by atoms with van der Waals surface area (Å²) in [4.78, 5) is 6.35. The number of nitrogens with zero attached hydrogens (tertiary/aromatic N) is 3. The van der Waals surface area contributed by atoms with Crippen LogP contribution in [0.4, 0.5) is 0 Å². The molecule has 0 saturated carbocycles. The predicted octanol–water partition coefficient (Wildman–Crippen LogP) is 1.74. The molecule has 1 atom stereocenters. The third-order valence-corrected chi connectivity index (χ3v) is 2.24. The van der Waals surface area contributed by atoms with Gasteiger partial charge in [0.15, 0.2) is 0 Å². The summed E-state index contributed by atoms with van der Waals surface area (Å²) in [6, 6.07) is 0. The Morgan fingerprint density at radius 2 is 2.25 bits per heavy atom. The summed E-state index contributed by atoms with van der Waals surface area (Å²) in [6.07, 6.45) is 7.28. The summed E-state index contributed by atoms with van der Waals surface area (Å²) in [7, 11) is 2.13. The average Bonchev–Trinajstić information content (AvgIpc) is 2.58. The van der Waals surface area contributed by atoms with Gasteiger partial charge in [-0.3, -0.25) is 4.90 Å². The molecule has 0 fully saturated rings. The lowest BCUT2D eigenvalue weighted by Gasteiger charge is -2.26. The normalized spacial score (nSPS) is 13.7. The average molecular weight is 167 g/mol. The van der Waals surface area contributed by atoms with Crippen LogP contribution in [-0.4, -0.2) is 28.0 Å². The highest BCUT2D eigenvalue weighted by molar-refractivity contribution is 4.79. The highest BCUT2D eigenvalue weighted by Gasteiger charge is 2.11. The van der Waals surface area contributed by atoms with E-state index in [0.29, 0.717) is 6.17 Å². The quantitative estimate of drug-likeness (QED) is 0.681. The van der Waals surface area contributed by atoms with Crippen LogP contribution in [-0.2, 0) is 0 Å². The maximum Gasteiger partial charge on any atom is 0.0959 e. The number of imidazole rings is 1. The molecule has 1 heterocycles. The van der Waals surface area contributed by atoms with Gasteiger partial charge in [0.1, 0.15) is 0 Å². The molecule has 1 aromatic heterocycles. The van der Waals surface area contributed by atoms with E-state index in [1.807, 2.05) is 18.7 Å². The van der Waals surface area contributed by atoms with Gasteiger partial charge >= 0.3 is 0 Å². The molecule has 0 saturated heterocycles. The van der Waals surface area contributed by atoms with Crippen molar-refractivity contribution in [2.45, 2.75) is 26.4 Å². The molecule has 68 valence electrons. The summed E-state index contributed by atoms with van der Waals surface area (Å²) < 4.78 is 2.14. The molecule has 3 nitrogen and oxygen atoms in total. The van der Waals surface area contributed by atoms with Crippen LogP contribution in [0.1, 0.15) is 26.4 Å². The van der Waals surface area contributed by atoms with E-state index in [0.717, 1.165) is 13.0 Å². The van der Waals surface area contributed by atoms with Crippen LogP contribution in [0.2, 0.25) is 0 Å². The summed E-state index contributed by atoms with van der Waals surface area (Å²) >= 11 is 0. The monoisotopic (exact) mass is 167 g/mol. The maximum atomic E-state index is 4.04. The van der Waals surface area contributed by atoms with Crippen LogP contribution in [0.15, 0.2) is 18.7 Å². The SMILES string of the molecule is CCC(N(C)CC)n1ccnc1. The first-order valence-corrected chi connectivity index (χ1v) is 4.47. The minimum atomic E-state index is 0.456. The van der Waals surface area contributed by atoms with E-state index in [-0.39, 0.29) is 0 Å². The van der Waals surface area contributed by atoms with E-state index in [1.165, 1.54) is 0 Å². The smallest absolute Gasteiger partial charge is 0.0959 e. The minimum Gasteiger partial charge on any atom is -0.321 e. The molecule has 0 bridgehead atoms. The van der Waals surface area contributed by atoms with Crippen molar-refractivity contribution in [1.29, 1.82) is 0 Å². The van der Waals surface area contributed by atoms with Crippen LogP contribution in [0, 0.1) is 0 Å². The van der Waals surface area contributed by atoms with Crippen molar-refractivity contribution in [3.8, 4) is 0 Å². The largest absolute Gasteiger partial charge is 0.321 e. The Kier molecular flexibility index (Phi) is 3.29. The molecule has 1 rings (SSSR count). The molecule has 0 aromatic carbocycles. The molecule has 12 heavy (non-hydrogen) atoms. The minimum absolute atomic E-state index is 0.456. The molecule has 0 aliphatic heterocycles. The van der Waals surface area contributed by atoms with Gasteiger partial charge in [0.2, 0.25) is 0 Å². The second kappa shape index (κ2) is 4.26. The lowest BCUT2D eigenvalue weighted by atomic mass is 10.3. The van der Waals surface area contributed by atoms with Gasteiger partial charge in [0, 0.05) is 12.4 Å². The lowest BCUT2D eigenvalue weighted by Crippen LogP contribution is -2.27. The van der Waals surface area contributed by atoms with E-state index in [2.05, 4.69) is 35.3 Å². The van der Waals surface area contributed by atoms with Gasteiger partial charge in [-0.1, -0.05) is 13.8 Å². The molecular formula is C9H17N3. The fourth-order valence-corrected chi connectivity index (χ4v) is 1.41. The maximum absolute atomic E-state index is 4.04. The van der Waals surface area contributed by atoms with Gasteiger partial charge in [-0.15, -0.1) is 0 Å². The molecular weight excluding hydrogens is 150 g/mol. The van der Waals surface area contributed by atoms with Crippen LogP contribution in [0.5, 0.6) is 0 Å². The van der Waals surface area contributed by atoms with Crippen molar-refractivity contribution in [3.05, 3.63) is 18.7 Å². The molecule has 0 aliphatic rings. The van der Waals surface area contributed by atoms with Crippen LogP contribution < -0.4 is 0 Å². The van der Waals surface area contributed by atoms with Gasteiger partial charge in [0.25, 0.3) is 0 Å². The van der Waals surface area contributed by atoms with Crippen LogP contribution in [0.25, 0.3) is 0 Å². The predicted molar refractivity (Wildman–Crippen MR) is 49.9 cm³/mol. The standard InChI is InChI=1S/C9H17N3/c1-4-9(11(3)5-2)12-7-6-10-8-12/h6-9H,4-5H2,1-3H3. The zero-order chi connectivity index (χ0) is 8.97. The van der Waals surface area contributed by atoms with Gasteiger partial charge in [0.05, 0.1) is 12.5 Å². The van der Waals surface area contributed by atoms with Crippen molar-refractivity contribution in [3.63, 3.8) is 0 Å². The highest BCUT2D eigenvalue weighted by Crippen LogP contribution is 2.13. The molecule has 0 spiro atoms. The van der Waals surface area contributed by atoms with E-state index in [9.17, 15) is 0 Å². The Morgan fingerprint density at radius 1 is 1.50 bits per heavy atom. The van der Waals surface area contributed by atoms with Gasteiger partial charge in [-0.25, -0.2) is 4.98 Å². The highest BCUT2D eigenvalue weighted by atomic mass is 15.3. The molecule has 0 aliphatic carbocycles. The lowest BCUT2D eigenvalue weighted by molar-refractivity contribution is 0.179. The van der Waals surface area contributed by atoms with Gasteiger partial charge < -0.3 is 4.57 Å². The van der Waals surface area contributed by atoms with Crippen molar-refractivity contribution in [2.24, 2.45) is 0 Å². The van der Waals surface area contributed by atoms with Crippen molar-refractivity contribution in [2.75, 3.05) is 13.6 Å². The van der Waals surface area contributed by atoms with E-state index < -0.39 is 0 Å². The third-order valence-electron chi connectivity index (χ3n) is 2.24. The third kappa shape index (κ3) is 1.85. The Balaban J connectivity index is 2.69. The summed E-state index contributed by atoms with van der Waals surface area (Å²) in [5.41, 5.74) is 0. The topological polar surface area (TPSA) is 21.1 Å². The van der Waals surface area contributed by atoms with E-state index in [1.54, 1.807) is 0 Å². The number of hydrogen-bond donors (Lipinski definition) is 0. The van der Waals surface area contributed by atoms with Gasteiger partial charge in [-0.05, 0) is 20.0 Å². The Labute approximate surface area is 74.0 Å². The fourth-order valence-electron chi connectivity index (χ4n) is 1.41. The van der Waals surface area contributed by atoms with E-state index >= 15 is 0 Å². The zero-order valence-electron chi connectivity index (χ0n) is 8.07. The number of aromatic nitrogens is 2. The van der Waals surface area contributed by atoms with Crippen molar-refractivity contribution in [1.82, 2.24) is 14.5 Å². The number of hydrogen-bond acceptors (Lipinski definition) is 2. The zero-order valence-corrected chi connectivity index (χ0v) is 8.07. The van der Waals surface area contributed by atoms with Crippen molar-refractivity contribution < 1.29 is 0 Å². The number of rotatable bonds is 4. The first-order chi connectivity index (χ1) is 5.79. The summed E-state index contributed by atoms with van der Waals surface area (Å²) in [5.74, 6) is 0. The molecule has 0 amide bonds. The second-order valence-electron chi connectivity index (χ2n) is 2.97. The molecule has 0 radical (unpaired) electrons. The van der Waals surface area contributed by atoms with Crippen molar-refractivity contribution >= 4 is 0 Å². The molecule has 1 aromatic rings. The first kappa shape index (κ1) is 9.26. The molecule has 0 N–H and O–H groups in total. The summed E-state index contributed by atoms with van der Waals surface area (Å²) in [5, 5.41) is 0. The molecule has 1 unspecified atom stereocenters. The first-order valence-electron chi connectivity index (χ1n) is 4.47.